The monoisotopic (exact) mass is 366 g/mol. The summed E-state index contributed by atoms with van der Waals surface area (Å²) in [6.45, 7) is 2.39. The minimum absolute atomic E-state index is 0.0348. The van der Waals surface area contributed by atoms with Crippen LogP contribution in [0.2, 0.25) is 0 Å². The third-order valence-corrected chi connectivity index (χ3v) is 5.29. The maximum atomic E-state index is 13.1. The van der Waals surface area contributed by atoms with Crippen LogP contribution in [0.5, 0.6) is 0 Å². The fraction of sp³-hybridized carbons (Fsp3) is 0.316. The third kappa shape index (κ3) is 2.82. The van der Waals surface area contributed by atoms with E-state index in [1.165, 1.54) is 12.1 Å². The Bertz CT molecular complexity index is 992. The van der Waals surface area contributed by atoms with E-state index in [0.29, 0.717) is 19.6 Å². The smallest absolute Gasteiger partial charge is 0.246 e. The number of halogens is 1. The summed E-state index contributed by atoms with van der Waals surface area (Å²) in [5.74, 6) is -0.216. The Hall–Kier alpha value is -3.00. The molecule has 5 rings (SSSR count). The summed E-state index contributed by atoms with van der Waals surface area (Å²) in [4.78, 5) is 22.4. The molecule has 0 saturated carbocycles. The van der Waals surface area contributed by atoms with Crippen LogP contribution < -0.4 is 5.32 Å². The number of imidazole rings is 1. The fourth-order valence-electron chi connectivity index (χ4n) is 3.87. The van der Waals surface area contributed by atoms with Crippen LogP contribution in [0.15, 0.2) is 36.8 Å². The summed E-state index contributed by atoms with van der Waals surface area (Å²) in [5, 5.41) is 7.73. The number of aromatic nitrogens is 4. The van der Waals surface area contributed by atoms with Crippen molar-refractivity contribution in [3.8, 4) is 0 Å². The highest BCUT2D eigenvalue weighted by Gasteiger charge is 2.35. The lowest BCUT2D eigenvalue weighted by Gasteiger charge is -2.26. The first-order chi connectivity index (χ1) is 13.2. The van der Waals surface area contributed by atoms with Gasteiger partial charge in [0.2, 0.25) is 5.91 Å². The van der Waals surface area contributed by atoms with Gasteiger partial charge in [-0.25, -0.2) is 9.37 Å². The van der Waals surface area contributed by atoms with Crippen LogP contribution in [0, 0.1) is 5.82 Å². The maximum absolute atomic E-state index is 13.1. The first-order valence-electron chi connectivity index (χ1n) is 9.01. The topological polar surface area (TPSA) is 78.8 Å². The molecule has 0 bridgehead atoms. The van der Waals surface area contributed by atoms with Crippen molar-refractivity contribution in [2.45, 2.75) is 32.1 Å². The molecule has 2 aliphatic heterocycles. The second-order valence-electron chi connectivity index (χ2n) is 7.00. The molecular weight excluding hydrogens is 347 g/mol. The Morgan fingerprint density at radius 1 is 1.26 bits per heavy atom. The number of hydrogen-bond donors (Lipinski definition) is 2. The zero-order valence-electron chi connectivity index (χ0n) is 14.7. The molecule has 0 fully saturated rings. The van der Waals surface area contributed by atoms with Crippen LogP contribution in [0.3, 0.4) is 0 Å². The molecule has 2 aromatic heterocycles. The van der Waals surface area contributed by atoms with E-state index in [1.54, 1.807) is 18.5 Å². The summed E-state index contributed by atoms with van der Waals surface area (Å²) < 4.78 is 15.0. The standard InChI is InChI=1S/C19H19FN6O/c20-14-3-1-12(2-4-14)8-26-16-10-25(9-13(16)7-24-26)19(27)18-17-15(5-6-21-18)22-11-23-17/h1-4,7,11,18,21H,5-6,8-10H2,(H,22,23)/t18-/m0/s1. The molecule has 1 atom stereocenters. The second-order valence-corrected chi connectivity index (χ2v) is 7.00. The summed E-state index contributed by atoms with van der Waals surface area (Å²) in [6.07, 6.45) is 4.32. The molecule has 3 aromatic rings. The highest BCUT2D eigenvalue weighted by molar-refractivity contribution is 5.83. The largest absolute Gasteiger partial charge is 0.348 e. The van der Waals surface area contributed by atoms with Gasteiger partial charge in [0, 0.05) is 30.8 Å². The molecule has 0 aliphatic carbocycles. The van der Waals surface area contributed by atoms with Gasteiger partial charge in [-0.1, -0.05) is 12.1 Å². The maximum Gasteiger partial charge on any atom is 0.246 e. The first-order valence-corrected chi connectivity index (χ1v) is 9.01. The molecule has 8 heteroatoms. The summed E-state index contributed by atoms with van der Waals surface area (Å²) in [7, 11) is 0. The van der Waals surface area contributed by atoms with Crippen molar-refractivity contribution in [2.24, 2.45) is 0 Å². The van der Waals surface area contributed by atoms with Crippen molar-refractivity contribution < 1.29 is 9.18 Å². The normalized spacial score (nSPS) is 18.4. The number of amides is 1. The van der Waals surface area contributed by atoms with E-state index < -0.39 is 6.04 Å². The van der Waals surface area contributed by atoms with Gasteiger partial charge < -0.3 is 15.2 Å². The number of carbonyl (C=O) groups is 1. The van der Waals surface area contributed by atoms with Crippen molar-refractivity contribution in [3.05, 3.63) is 70.8 Å². The van der Waals surface area contributed by atoms with Crippen LogP contribution >= 0.6 is 0 Å². The molecule has 138 valence electrons. The lowest BCUT2D eigenvalue weighted by atomic mass is 10.0. The summed E-state index contributed by atoms with van der Waals surface area (Å²) in [5.41, 5.74) is 4.90. The fourth-order valence-corrected chi connectivity index (χ4v) is 3.87. The Balaban J connectivity index is 1.34. The molecule has 2 N–H and O–H groups in total. The zero-order chi connectivity index (χ0) is 18.4. The number of rotatable bonds is 3. The number of nitrogens with one attached hydrogen (secondary N) is 2. The first kappa shape index (κ1) is 16.2. The van der Waals surface area contributed by atoms with E-state index in [1.807, 2.05) is 15.8 Å². The number of H-pyrrole nitrogens is 1. The van der Waals surface area contributed by atoms with Gasteiger partial charge in [-0.3, -0.25) is 9.48 Å². The molecule has 7 nitrogen and oxygen atoms in total. The van der Waals surface area contributed by atoms with E-state index in [2.05, 4.69) is 20.4 Å². The van der Waals surface area contributed by atoms with Crippen molar-refractivity contribution in [1.82, 2.24) is 30.0 Å². The summed E-state index contributed by atoms with van der Waals surface area (Å²) >= 11 is 0. The van der Waals surface area contributed by atoms with Crippen molar-refractivity contribution >= 4 is 5.91 Å². The summed E-state index contributed by atoms with van der Waals surface area (Å²) in [6, 6.07) is 6.01. The van der Waals surface area contributed by atoms with Gasteiger partial charge in [-0.15, -0.1) is 0 Å². The second kappa shape index (κ2) is 6.31. The quantitative estimate of drug-likeness (QED) is 0.737. The van der Waals surface area contributed by atoms with Crippen molar-refractivity contribution in [3.63, 3.8) is 0 Å². The molecular formula is C19H19FN6O. The SMILES string of the molecule is O=C([C@H]1NCCc2[nH]cnc21)N1Cc2cnn(Cc3ccc(F)cc3)c2C1. The highest BCUT2D eigenvalue weighted by Crippen LogP contribution is 2.28. The van der Waals surface area contributed by atoms with E-state index in [-0.39, 0.29) is 11.7 Å². The Kier molecular flexibility index (Phi) is 3.78. The number of aromatic amines is 1. The lowest BCUT2D eigenvalue weighted by molar-refractivity contribution is -0.134. The van der Waals surface area contributed by atoms with Crippen LogP contribution in [-0.4, -0.2) is 37.1 Å². The number of hydrogen-bond acceptors (Lipinski definition) is 4. The molecule has 0 saturated heterocycles. The Labute approximate surface area is 155 Å². The van der Waals surface area contributed by atoms with E-state index in [0.717, 1.165) is 41.2 Å². The van der Waals surface area contributed by atoms with Gasteiger partial charge >= 0.3 is 0 Å². The molecule has 1 aromatic carbocycles. The Morgan fingerprint density at radius 2 is 2.11 bits per heavy atom. The Morgan fingerprint density at radius 3 is 2.96 bits per heavy atom. The zero-order valence-corrected chi connectivity index (χ0v) is 14.7. The van der Waals surface area contributed by atoms with Crippen LogP contribution in [0.25, 0.3) is 0 Å². The van der Waals surface area contributed by atoms with Gasteiger partial charge in [0.25, 0.3) is 0 Å². The molecule has 0 spiro atoms. The number of fused-ring (bicyclic) bond motifs is 2. The van der Waals surface area contributed by atoms with Gasteiger partial charge in [0.05, 0.1) is 37.0 Å². The number of benzene rings is 1. The third-order valence-electron chi connectivity index (χ3n) is 5.29. The van der Waals surface area contributed by atoms with E-state index >= 15 is 0 Å². The molecule has 0 radical (unpaired) electrons. The minimum Gasteiger partial charge on any atom is -0.348 e. The molecule has 2 aliphatic rings. The number of carbonyl (C=O) groups excluding carboxylic acids is 1. The van der Waals surface area contributed by atoms with Gasteiger partial charge in [0.1, 0.15) is 11.9 Å². The average Bonchev–Trinajstić information content (AvgIpc) is 3.39. The predicted molar refractivity (Wildman–Crippen MR) is 95.0 cm³/mol. The molecule has 1 amide bonds. The van der Waals surface area contributed by atoms with Gasteiger partial charge in [-0.05, 0) is 17.7 Å². The van der Waals surface area contributed by atoms with Crippen LogP contribution in [-0.2, 0) is 30.8 Å². The molecule has 4 heterocycles. The van der Waals surface area contributed by atoms with Crippen molar-refractivity contribution in [2.75, 3.05) is 6.54 Å². The number of nitrogens with zero attached hydrogens (tertiary/aromatic N) is 4. The molecule has 0 unspecified atom stereocenters. The van der Waals surface area contributed by atoms with E-state index in [4.69, 9.17) is 0 Å². The van der Waals surface area contributed by atoms with Gasteiger partial charge in [0.15, 0.2) is 0 Å². The molecule has 27 heavy (non-hydrogen) atoms. The van der Waals surface area contributed by atoms with Gasteiger partial charge in [-0.2, -0.15) is 5.10 Å². The van der Waals surface area contributed by atoms with E-state index in [9.17, 15) is 9.18 Å². The highest BCUT2D eigenvalue weighted by atomic mass is 19.1. The van der Waals surface area contributed by atoms with Crippen molar-refractivity contribution in [1.29, 1.82) is 0 Å². The average molecular weight is 366 g/mol. The predicted octanol–water partition coefficient (Wildman–Crippen LogP) is 1.52. The minimum atomic E-state index is -0.400. The van der Waals surface area contributed by atoms with Crippen LogP contribution in [0.4, 0.5) is 4.39 Å². The lowest BCUT2D eigenvalue weighted by Crippen LogP contribution is -2.42. The van der Waals surface area contributed by atoms with Crippen LogP contribution in [0.1, 0.15) is 34.3 Å².